The molecule has 0 saturated heterocycles. The molecule has 4 rings (SSSR count). The van der Waals surface area contributed by atoms with Gasteiger partial charge in [0.25, 0.3) is 5.91 Å². The Morgan fingerprint density at radius 1 is 0.938 bits per heavy atom. The zero-order valence-electron chi connectivity index (χ0n) is 17.4. The molecule has 0 radical (unpaired) electrons. The highest BCUT2D eigenvalue weighted by molar-refractivity contribution is 6.08. The lowest BCUT2D eigenvalue weighted by Crippen LogP contribution is -2.13. The highest BCUT2D eigenvalue weighted by Gasteiger charge is 2.19. The number of benzene rings is 3. The van der Waals surface area contributed by atoms with Gasteiger partial charge in [0.15, 0.2) is 0 Å². The van der Waals surface area contributed by atoms with Crippen molar-refractivity contribution in [1.82, 2.24) is 9.78 Å². The SMILES string of the molecule is CC(=O)Nc1cc(NC(=O)c2cn(Cc3ccccc3)nc2-c2ccccc2)ccc1F. The standard InChI is InChI=1S/C25H21FN4O2/c1-17(31)27-23-14-20(12-13-22(23)26)28-25(32)21-16-30(15-18-8-4-2-5-9-18)29-24(21)19-10-6-3-7-11-19/h2-14,16H,15H2,1H3,(H,27,31)(H,28,32). The molecule has 0 aliphatic carbocycles. The summed E-state index contributed by atoms with van der Waals surface area (Å²) < 4.78 is 15.7. The summed E-state index contributed by atoms with van der Waals surface area (Å²) in [5.41, 5.74) is 3.15. The van der Waals surface area contributed by atoms with E-state index in [0.717, 1.165) is 11.1 Å². The first kappa shape index (κ1) is 21.0. The minimum atomic E-state index is -0.584. The number of carbonyl (C=O) groups is 2. The molecular weight excluding hydrogens is 407 g/mol. The number of nitrogens with one attached hydrogen (secondary N) is 2. The number of aromatic nitrogens is 2. The Hall–Kier alpha value is -4.26. The van der Waals surface area contributed by atoms with Gasteiger partial charge in [0.2, 0.25) is 5.91 Å². The summed E-state index contributed by atoms with van der Waals surface area (Å²) >= 11 is 0. The quantitative estimate of drug-likeness (QED) is 0.456. The fraction of sp³-hybridized carbons (Fsp3) is 0.0800. The maximum absolute atomic E-state index is 13.9. The Bertz CT molecular complexity index is 1250. The molecule has 2 amide bonds. The summed E-state index contributed by atoms with van der Waals surface area (Å²) in [6.45, 7) is 1.80. The number of nitrogens with zero attached hydrogens (tertiary/aromatic N) is 2. The Balaban J connectivity index is 1.65. The van der Waals surface area contributed by atoms with Gasteiger partial charge in [-0.15, -0.1) is 0 Å². The minimum absolute atomic E-state index is 0.00152. The summed E-state index contributed by atoms with van der Waals surface area (Å²) in [7, 11) is 0. The van der Waals surface area contributed by atoms with Crippen LogP contribution in [0, 0.1) is 5.82 Å². The van der Waals surface area contributed by atoms with Crippen LogP contribution in [0.2, 0.25) is 0 Å². The third-order valence-electron chi connectivity index (χ3n) is 4.78. The van der Waals surface area contributed by atoms with E-state index in [1.54, 1.807) is 10.9 Å². The van der Waals surface area contributed by atoms with Crippen molar-refractivity contribution in [3.63, 3.8) is 0 Å². The van der Waals surface area contributed by atoms with Crippen molar-refractivity contribution in [3.8, 4) is 11.3 Å². The summed E-state index contributed by atoms with van der Waals surface area (Å²) in [6, 6.07) is 23.3. The van der Waals surface area contributed by atoms with E-state index in [-0.39, 0.29) is 11.6 Å². The first-order chi connectivity index (χ1) is 15.5. The van der Waals surface area contributed by atoms with E-state index in [2.05, 4.69) is 15.7 Å². The number of hydrogen-bond donors (Lipinski definition) is 2. The molecule has 160 valence electrons. The van der Waals surface area contributed by atoms with Crippen molar-refractivity contribution in [2.24, 2.45) is 0 Å². The average molecular weight is 428 g/mol. The molecule has 0 aliphatic rings. The molecule has 0 spiro atoms. The second-order valence-electron chi connectivity index (χ2n) is 7.27. The zero-order chi connectivity index (χ0) is 22.5. The predicted octanol–water partition coefficient (Wildman–Crippen LogP) is 4.95. The largest absolute Gasteiger partial charge is 0.324 e. The van der Waals surface area contributed by atoms with Gasteiger partial charge in [0, 0.05) is 24.4 Å². The van der Waals surface area contributed by atoms with Gasteiger partial charge >= 0.3 is 0 Å². The third-order valence-corrected chi connectivity index (χ3v) is 4.78. The van der Waals surface area contributed by atoms with Gasteiger partial charge in [-0.05, 0) is 23.8 Å². The summed E-state index contributed by atoms with van der Waals surface area (Å²) in [4.78, 5) is 24.4. The molecule has 0 bridgehead atoms. The van der Waals surface area contributed by atoms with Crippen LogP contribution in [0.5, 0.6) is 0 Å². The van der Waals surface area contributed by atoms with Crippen molar-refractivity contribution >= 4 is 23.2 Å². The molecule has 0 unspecified atom stereocenters. The molecule has 4 aromatic rings. The van der Waals surface area contributed by atoms with Crippen LogP contribution in [0.3, 0.4) is 0 Å². The fourth-order valence-corrected chi connectivity index (χ4v) is 3.34. The van der Waals surface area contributed by atoms with Crippen molar-refractivity contribution in [1.29, 1.82) is 0 Å². The molecule has 0 saturated carbocycles. The van der Waals surface area contributed by atoms with Crippen molar-refractivity contribution in [2.75, 3.05) is 10.6 Å². The second-order valence-corrected chi connectivity index (χ2v) is 7.27. The molecule has 3 aromatic carbocycles. The Labute approximate surface area is 184 Å². The van der Waals surface area contributed by atoms with E-state index < -0.39 is 11.7 Å². The topological polar surface area (TPSA) is 76.0 Å². The van der Waals surface area contributed by atoms with Gasteiger partial charge in [-0.1, -0.05) is 60.7 Å². The molecule has 2 N–H and O–H groups in total. The fourth-order valence-electron chi connectivity index (χ4n) is 3.34. The maximum Gasteiger partial charge on any atom is 0.259 e. The highest BCUT2D eigenvalue weighted by atomic mass is 19.1. The summed E-state index contributed by atoms with van der Waals surface area (Å²) in [5, 5.41) is 9.84. The molecular formula is C25H21FN4O2. The normalized spacial score (nSPS) is 10.6. The number of hydrogen-bond acceptors (Lipinski definition) is 3. The number of amides is 2. The molecule has 32 heavy (non-hydrogen) atoms. The van der Waals surface area contributed by atoms with Gasteiger partial charge < -0.3 is 10.6 Å². The van der Waals surface area contributed by atoms with E-state index in [0.29, 0.717) is 23.5 Å². The third kappa shape index (κ3) is 4.89. The first-order valence-corrected chi connectivity index (χ1v) is 10.0. The van der Waals surface area contributed by atoms with Crippen molar-refractivity contribution in [2.45, 2.75) is 13.5 Å². The van der Waals surface area contributed by atoms with E-state index >= 15 is 0 Å². The molecule has 0 fully saturated rings. The highest BCUT2D eigenvalue weighted by Crippen LogP contribution is 2.25. The van der Waals surface area contributed by atoms with Crippen molar-refractivity contribution in [3.05, 3.63) is 102 Å². The molecule has 1 aromatic heterocycles. The van der Waals surface area contributed by atoms with Crippen LogP contribution in [0.1, 0.15) is 22.8 Å². The minimum Gasteiger partial charge on any atom is -0.324 e. The van der Waals surface area contributed by atoms with Crippen LogP contribution >= 0.6 is 0 Å². The molecule has 0 atom stereocenters. The van der Waals surface area contributed by atoms with Crippen LogP contribution in [0.25, 0.3) is 11.3 Å². The van der Waals surface area contributed by atoms with Crippen molar-refractivity contribution < 1.29 is 14.0 Å². The Kier molecular flexibility index (Phi) is 6.07. The van der Waals surface area contributed by atoms with Crippen LogP contribution in [0.4, 0.5) is 15.8 Å². The van der Waals surface area contributed by atoms with Crippen LogP contribution < -0.4 is 10.6 Å². The van der Waals surface area contributed by atoms with E-state index in [1.807, 2.05) is 60.7 Å². The zero-order valence-corrected chi connectivity index (χ0v) is 17.4. The van der Waals surface area contributed by atoms with Gasteiger partial charge in [0.1, 0.15) is 11.5 Å². The predicted molar refractivity (Wildman–Crippen MR) is 122 cm³/mol. The van der Waals surface area contributed by atoms with Crippen LogP contribution in [0.15, 0.2) is 85.1 Å². The molecule has 7 heteroatoms. The lowest BCUT2D eigenvalue weighted by molar-refractivity contribution is -0.114. The van der Waals surface area contributed by atoms with E-state index in [9.17, 15) is 14.0 Å². The average Bonchev–Trinajstić information content (AvgIpc) is 3.21. The van der Waals surface area contributed by atoms with Gasteiger partial charge in [-0.3, -0.25) is 14.3 Å². The van der Waals surface area contributed by atoms with Crippen LogP contribution in [-0.4, -0.2) is 21.6 Å². The summed E-state index contributed by atoms with van der Waals surface area (Å²) in [5.74, 6) is -1.37. The van der Waals surface area contributed by atoms with Gasteiger partial charge in [-0.2, -0.15) is 5.10 Å². The monoisotopic (exact) mass is 428 g/mol. The van der Waals surface area contributed by atoms with E-state index in [4.69, 9.17) is 0 Å². The number of anilines is 2. The number of carbonyl (C=O) groups excluding carboxylic acids is 2. The first-order valence-electron chi connectivity index (χ1n) is 10.0. The molecule has 6 nitrogen and oxygen atoms in total. The Morgan fingerprint density at radius 2 is 1.62 bits per heavy atom. The molecule has 1 heterocycles. The van der Waals surface area contributed by atoms with Gasteiger partial charge in [0.05, 0.1) is 17.8 Å². The molecule has 0 aliphatic heterocycles. The lowest BCUT2D eigenvalue weighted by atomic mass is 10.1. The maximum atomic E-state index is 13.9. The van der Waals surface area contributed by atoms with E-state index in [1.165, 1.54) is 25.1 Å². The van der Waals surface area contributed by atoms with Crippen LogP contribution in [-0.2, 0) is 11.3 Å². The summed E-state index contributed by atoms with van der Waals surface area (Å²) in [6.07, 6.45) is 1.70. The lowest BCUT2D eigenvalue weighted by Gasteiger charge is -2.09. The second kappa shape index (κ2) is 9.26. The smallest absolute Gasteiger partial charge is 0.259 e. The Morgan fingerprint density at radius 3 is 2.31 bits per heavy atom. The number of halogens is 1. The van der Waals surface area contributed by atoms with Gasteiger partial charge in [-0.25, -0.2) is 4.39 Å². The number of rotatable bonds is 6.